The molecule has 0 saturated carbocycles. The molecule has 0 amide bonds. The van der Waals surface area contributed by atoms with Crippen LogP contribution < -0.4 is 4.74 Å². The second-order valence-corrected chi connectivity index (χ2v) is 4.64. The third-order valence-corrected chi connectivity index (χ3v) is 3.08. The normalized spacial score (nSPS) is 13.3. The molecule has 1 heterocycles. The van der Waals surface area contributed by atoms with Crippen molar-refractivity contribution in [3.05, 3.63) is 30.0 Å². The molecule has 0 spiro atoms. The minimum Gasteiger partial charge on any atom is -0.497 e. The van der Waals surface area contributed by atoms with Crippen LogP contribution in [0.15, 0.2) is 24.4 Å². The van der Waals surface area contributed by atoms with Gasteiger partial charge < -0.3 is 14.4 Å². The summed E-state index contributed by atoms with van der Waals surface area (Å²) >= 11 is 0. The number of nitrogens with zero attached hydrogens (tertiary/aromatic N) is 1. The Balaban J connectivity index is 2.72. The van der Waals surface area contributed by atoms with Crippen molar-refractivity contribution in [1.82, 2.24) is 4.57 Å². The SMILES string of the molecule is COc1ccc2c(c1)c(C(C)O)cn2C(C)C. The van der Waals surface area contributed by atoms with Crippen molar-refractivity contribution in [1.29, 1.82) is 0 Å². The Bertz CT molecular complexity index is 526. The summed E-state index contributed by atoms with van der Waals surface area (Å²) in [4.78, 5) is 0. The Hall–Kier alpha value is -1.48. The van der Waals surface area contributed by atoms with Crippen molar-refractivity contribution in [3.63, 3.8) is 0 Å². The topological polar surface area (TPSA) is 34.4 Å². The van der Waals surface area contributed by atoms with Crippen molar-refractivity contribution in [2.24, 2.45) is 0 Å². The van der Waals surface area contributed by atoms with E-state index in [-0.39, 0.29) is 0 Å². The first kappa shape index (κ1) is 12.0. The fourth-order valence-electron chi connectivity index (χ4n) is 2.15. The van der Waals surface area contributed by atoms with Gasteiger partial charge in [0, 0.05) is 28.7 Å². The molecule has 0 saturated heterocycles. The van der Waals surface area contributed by atoms with Gasteiger partial charge >= 0.3 is 0 Å². The third kappa shape index (κ3) is 2.03. The van der Waals surface area contributed by atoms with Crippen LogP contribution in [0.5, 0.6) is 5.75 Å². The standard InChI is InChI=1S/C14H19NO2/c1-9(2)15-8-13(10(3)16)12-7-11(17-4)5-6-14(12)15/h5-10,16H,1-4H3. The lowest BCUT2D eigenvalue weighted by Gasteiger charge is -2.09. The average Bonchev–Trinajstić information content (AvgIpc) is 2.67. The summed E-state index contributed by atoms with van der Waals surface area (Å²) in [7, 11) is 1.66. The lowest BCUT2D eigenvalue weighted by atomic mass is 10.1. The van der Waals surface area contributed by atoms with Gasteiger partial charge in [0.2, 0.25) is 0 Å². The molecule has 0 radical (unpaired) electrons. The van der Waals surface area contributed by atoms with Crippen molar-refractivity contribution < 1.29 is 9.84 Å². The van der Waals surface area contributed by atoms with Gasteiger partial charge in [-0.05, 0) is 39.0 Å². The molecule has 92 valence electrons. The van der Waals surface area contributed by atoms with Crippen molar-refractivity contribution in [2.75, 3.05) is 7.11 Å². The van der Waals surface area contributed by atoms with E-state index >= 15 is 0 Å². The van der Waals surface area contributed by atoms with Crippen LogP contribution in [-0.4, -0.2) is 16.8 Å². The van der Waals surface area contributed by atoms with E-state index in [4.69, 9.17) is 4.74 Å². The highest BCUT2D eigenvalue weighted by atomic mass is 16.5. The molecule has 2 aromatic rings. The van der Waals surface area contributed by atoms with Gasteiger partial charge in [-0.25, -0.2) is 0 Å². The summed E-state index contributed by atoms with van der Waals surface area (Å²) < 4.78 is 7.41. The summed E-state index contributed by atoms with van der Waals surface area (Å²) in [6.07, 6.45) is 1.56. The number of aliphatic hydroxyl groups is 1. The largest absolute Gasteiger partial charge is 0.497 e. The number of rotatable bonds is 3. The minimum absolute atomic E-state index is 0.374. The molecule has 1 atom stereocenters. The molecule has 1 N–H and O–H groups in total. The molecule has 0 aliphatic heterocycles. The second kappa shape index (κ2) is 4.41. The van der Waals surface area contributed by atoms with Gasteiger partial charge in [-0.3, -0.25) is 0 Å². The van der Waals surface area contributed by atoms with Gasteiger partial charge in [-0.1, -0.05) is 0 Å². The van der Waals surface area contributed by atoms with Crippen LogP contribution in [0.2, 0.25) is 0 Å². The summed E-state index contributed by atoms with van der Waals surface area (Å²) in [5.74, 6) is 0.820. The van der Waals surface area contributed by atoms with Crippen LogP contribution in [0.3, 0.4) is 0 Å². The lowest BCUT2D eigenvalue weighted by Crippen LogP contribution is -1.98. The zero-order valence-electron chi connectivity index (χ0n) is 10.8. The fraction of sp³-hybridized carbons (Fsp3) is 0.429. The zero-order chi connectivity index (χ0) is 12.6. The first-order valence-corrected chi connectivity index (χ1v) is 5.91. The van der Waals surface area contributed by atoms with E-state index < -0.39 is 6.10 Å². The maximum absolute atomic E-state index is 9.83. The van der Waals surface area contributed by atoms with Gasteiger partial charge in [0.15, 0.2) is 0 Å². The van der Waals surface area contributed by atoms with Crippen LogP contribution in [-0.2, 0) is 0 Å². The summed E-state index contributed by atoms with van der Waals surface area (Å²) in [5, 5.41) is 10.9. The van der Waals surface area contributed by atoms with Crippen LogP contribution in [0, 0.1) is 0 Å². The third-order valence-electron chi connectivity index (χ3n) is 3.08. The van der Waals surface area contributed by atoms with Gasteiger partial charge in [-0.2, -0.15) is 0 Å². The van der Waals surface area contributed by atoms with E-state index in [9.17, 15) is 5.11 Å². The Kier molecular flexibility index (Phi) is 3.11. The number of aliphatic hydroxyl groups excluding tert-OH is 1. The molecule has 0 fully saturated rings. The van der Waals surface area contributed by atoms with Crippen LogP contribution in [0.25, 0.3) is 10.9 Å². The average molecular weight is 233 g/mol. The molecule has 0 bridgehead atoms. The second-order valence-electron chi connectivity index (χ2n) is 4.64. The first-order valence-electron chi connectivity index (χ1n) is 5.91. The first-order chi connectivity index (χ1) is 8.04. The number of aromatic nitrogens is 1. The van der Waals surface area contributed by atoms with Crippen molar-refractivity contribution in [2.45, 2.75) is 32.9 Å². The molecule has 3 nitrogen and oxygen atoms in total. The van der Waals surface area contributed by atoms with Crippen LogP contribution in [0.1, 0.15) is 38.5 Å². The molecule has 17 heavy (non-hydrogen) atoms. The zero-order valence-corrected chi connectivity index (χ0v) is 10.8. The predicted octanol–water partition coefficient (Wildman–Crippen LogP) is 3.28. The highest BCUT2D eigenvalue weighted by Crippen LogP contribution is 2.31. The number of hydrogen-bond acceptors (Lipinski definition) is 2. The number of fused-ring (bicyclic) bond motifs is 1. The summed E-state index contributed by atoms with van der Waals surface area (Å²) in [6.45, 7) is 6.06. The van der Waals surface area contributed by atoms with E-state index in [1.807, 2.05) is 24.4 Å². The maximum atomic E-state index is 9.83. The Morgan fingerprint density at radius 3 is 2.47 bits per heavy atom. The number of hydrogen-bond donors (Lipinski definition) is 1. The quantitative estimate of drug-likeness (QED) is 0.882. The van der Waals surface area contributed by atoms with E-state index in [1.165, 1.54) is 0 Å². The molecule has 2 rings (SSSR count). The molecular weight excluding hydrogens is 214 g/mol. The van der Waals surface area contributed by atoms with Gasteiger partial charge in [-0.15, -0.1) is 0 Å². The molecule has 0 aliphatic carbocycles. The van der Waals surface area contributed by atoms with Crippen molar-refractivity contribution in [3.8, 4) is 5.75 Å². The van der Waals surface area contributed by atoms with Crippen LogP contribution in [0.4, 0.5) is 0 Å². The fourth-order valence-corrected chi connectivity index (χ4v) is 2.15. The summed E-state index contributed by atoms with van der Waals surface area (Å²) in [5.41, 5.74) is 2.09. The monoisotopic (exact) mass is 233 g/mol. The highest BCUT2D eigenvalue weighted by molar-refractivity contribution is 5.86. The van der Waals surface area contributed by atoms with Gasteiger partial charge in [0.25, 0.3) is 0 Å². The molecular formula is C14H19NO2. The Morgan fingerprint density at radius 1 is 1.24 bits per heavy atom. The highest BCUT2D eigenvalue weighted by Gasteiger charge is 2.14. The van der Waals surface area contributed by atoms with Gasteiger partial charge in [0.1, 0.15) is 5.75 Å². The molecule has 0 aliphatic rings. The van der Waals surface area contributed by atoms with Crippen molar-refractivity contribution >= 4 is 10.9 Å². The predicted molar refractivity (Wildman–Crippen MR) is 69.5 cm³/mol. The lowest BCUT2D eigenvalue weighted by molar-refractivity contribution is 0.200. The molecule has 1 aromatic heterocycles. The number of ether oxygens (including phenoxy) is 1. The smallest absolute Gasteiger partial charge is 0.119 e. The van der Waals surface area contributed by atoms with E-state index in [0.717, 1.165) is 22.2 Å². The van der Waals surface area contributed by atoms with Crippen LogP contribution >= 0.6 is 0 Å². The van der Waals surface area contributed by atoms with E-state index in [0.29, 0.717) is 6.04 Å². The minimum atomic E-state index is -0.468. The Morgan fingerprint density at radius 2 is 1.94 bits per heavy atom. The summed E-state index contributed by atoms with van der Waals surface area (Å²) in [6, 6.07) is 6.35. The maximum Gasteiger partial charge on any atom is 0.119 e. The van der Waals surface area contributed by atoms with E-state index in [2.05, 4.69) is 18.4 Å². The number of methoxy groups -OCH3 is 1. The Labute approximate surface area is 102 Å². The molecule has 1 aromatic carbocycles. The molecule has 3 heteroatoms. The number of benzene rings is 1. The van der Waals surface area contributed by atoms with E-state index in [1.54, 1.807) is 14.0 Å². The van der Waals surface area contributed by atoms with Gasteiger partial charge in [0.05, 0.1) is 13.2 Å². The molecule has 1 unspecified atom stereocenters.